The first-order valence-electron chi connectivity index (χ1n) is 12.4. The number of likely N-dealkylation sites (tertiary alicyclic amines) is 1. The predicted octanol–water partition coefficient (Wildman–Crippen LogP) is 6.55. The van der Waals surface area contributed by atoms with E-state index in [4.69, 9.17) is 22.8 Å². The summed E-state index contributed by atoms with van der Waals surface area (Å²) < 4.78 is 18.5. The maximum absolute atomic E-state index is 13.2. The second-order valence-electron chi connectivity index (χ2n) is 8.70. The van der Waals surface area contributed by atoms with Gasteiger partial charge in [-0.05, 0) is 62.6 Å². The summed E-state index contributed by atoms with van der Waals surface area (Å²) in [6.45, 7) is 8.54. The first-order chi connectivity index (χ1) is 17.6. The number of rotatable bonds is 6. The molecular formula is C29H38ClFN2O3S. The van der Waals surface area contributed by atoms with E-state index in [9.17, 15) is 14.0 Å². The number of hydrogen-bond donors (Lipinski definition) is 2. The number of alkyl halides is 1. The van der Waals surface area contributed by atoms with Crippen LogP contribution in [0.2, 0.25) is 5.02 Å². The number of carbonyl (C=O) groups is 2. The molecule has 0 aromatic heterocycles. The molecule has 1 heterocycles. The van der Waals surface area contributed by atoms with Crippen LogP contribution in [0.5, 0.6) is 5.75 Å². The summed E-state index contributed by atoms with van der Waals surface area (Å²) in [6.07, 6.45) is 7.22. The highest BCUT2D eigenvalue weighted by Gasteiger charge is 2.30. The van der Waals surface area contributed by atoms with E-state index in [1.54, 1.807) is 61.2 Å². The largest absolute Gasteiger partial charge is 0.496 e. The number of thiol groups is 1. The minimum Gasteiger partial charge on any atom is -0.496 e. The van der Waals surface area contributed by atoms with Gasteiger partial charge < -0.3 is 15.0 Å². The SMILES string of the molecule is C#CCCNC(=O)C1CCCN(C(=O)c2cc(Cl)ccc2OC)C1.CC.CC(C)(F)c1ccc(S)cc1. The van der Waals surface area contributed by atoms with Crippen LogP contribution in [-0.2, 0) is 10.5 Å². The summed E-state index contributed by atoms with van der Waals surface area (Å²) in [7, 11) is 1.51. The van der Waals surface area contributed by atoms with E-state index in [1.807, 2.05) is 13.8 Å². The van der Waals surface area contributed by atoms with Crippen LogP contribution in [0.1, 0.15) is 62.9 Å². The molecule has 0 bridgehead atoms. The van der Waals surface area contributed by atoms with Gasteiger partial charge in [0.1, 0.15) is 11.4 Å². The van der Waals surface area contributed by atoms with Gasteiger partial charge in [0, 0.05) is 36.0 Å². The Hall–Kier alpha value is -2.69. The van der Waals surface area contributed by atoms with Crippen molar-refractivity contribution in [3.8, 4) is 18.1 Å². The van der Waals surface area contributed by atoms with Crippen molar-refractivity contribution in [2.24, 2.45) is 5.92 Å². The van der Waals surface area contributed by atoms with Crippen LogP contribution in [0.4, 0.5) is 4.39 Å². The van der Waals surface area contributed by atoms with Crippen LogP contribution in [0, 0.1) is 18.3 Å². The molecule has 0 saturated carbocycles. The van der Waals surface area contributed by atoms with Crippen LogP contribution in [0.15, 0.2) is 47.4 Å². The van der Waals surface area contributed by atoms with Gasteiger partial charge in [0.15, 0.2) is 0 Å². The lowest BCUT2D eigenvalue weighted by Crippen LogP contribution is -2.45. The molecule has 2 aromatic carbocycles. The van der Waals surface area contributed by atoms with Gasteiger partial charge in [0.2, 0.25) is 5.91 Å². The van der Waals surface area contributed by atoms with Crippen molar-refractivity contribution in [2.75, 3.05) is 26.7 Å². The Labute approximate surface area is 231 Å². The van der Waals surface area contributed by atoms with Crippen LogP contribution < -0.4 is 10.1 Å². The van der Waals surface area contributed by atoms with E-state index < -0.39 is 5.67 Å². The first kappa shape index (κ1) is 32.3. The molecule has 1 fully saturated rings. The number of amides is 2. The topological polar surface area (TPSA) is 58.6 Å². The van der Waals surface area contributed by atoms with E-state index in [1.165, 1.54) is 7.11 Å². The smallest absolute Gasteiger partial charge is 0.257 e. The number of terminal acetylenes is 1. The van der Waals surface area contributed by atoms with Crippen LogP contribution in [-0.4, -0.2) is 43.5 Å². The molecular weight excluding hydrogens is 511 g/mol. The molecule has 8 heteroatoms. The predicted molar refractivity (Wildman–Crippen MR) is 152 cm³/mol. The average Bonchev–Trinajstić information content (AvgIpc) is 2.89. The summed E-state index contributed by atoms with van der Waals surface area (Å²) in [5.74, 6) is 2.52. The molecule has 1 unspecified atom stereocenters. The molecule has 0 radical (unpaired) electrons. The average molecular weight is 549 g/mol. The Morgan fingerprint density at radius 2 is 1.89 bits per heavy atom. The Bertz CT molecular complexity index is 1050. The molecule has 2 aromatic rings. The lowest BCUT2D eigenvalue weighted by Gasteiger charge is -2.32. The summed E-state index contributed by atoms with van der Waals surface area (Å²) in [5, 5.41) is 3.29. The number of carbonyl (C=O) groups excluding carboxylic acids is 2. The number of nitrogens with one attached hydrogen (secondary N) is 1. The van der Waals surface area contributed by atoms with E-state index in [0.717, 1.165) is 17.7 Å². The zero-order valence-corrected chi connectivity index (χ0v) is 24.0. The molecule has 1 saturated heterocycles. The van der Waals surface area contributed by atoms with Crippen molar-refractivity contribution in [3.05, 3.63) is 58.6 Å². The van der Waals surface area contributed by atoms with Gasteiger partial charge in [-0.1, -0.05) is 37.6 Å². The highest BCUT2D eigenvalue weighted by Crippen LogP contribution is 2.27. The number of nitrogens with zero attached hydrogens (tertiary/aromatic N) is 1. The Morgan fingerprint density at radius 3 is 2.46 bits per heavy atom. The number of halogens is 2. The monoisotopic (exact) mass is 548 g/mol. The van der Waals surface area contributed by atoms with E-state index in [2.05, 4.69) is 23.9 Å². The number of piperidine rings is 1. The van der Waals surface area contributed by atoms with Crippen molar-refractivity contribution in [3.63, 3.8) is 0 Å². The second kappa shape index (κ2) is 16.2. The molecule has 202 valence electrons. The van der Waals surface area contributed by atoms with Crippen molar-refractivity contribution in [2.45, 2.75) is 57.5 Å². The summed E-state index contributed by atoms with van der Waals surface area (Å²) in [6, 6.07) is 12.0. The van der Waals surface area contributed by atoms with Crippen molar-refractivity contribution >= 4 is 36.0 Å². The highest BCUT2D eigenvalue weighted by molar-refractivity contribution is 7.80. The lowest BCUT2D eigenvalue weighted by molar-refractivity contribution is -0.126. The minimum absolute atomic E-state index is 0.0548. The molecule has 37 heavy (non-hydrogen) atoms. The van der Waals surface area contributed by atoms with Crippen molar-refractivity contribution in [1.29, 1.82) is 0 Å². The summed E-state index contributed by atoms with van der Waals surface area (Å²) in [5.41, 5.74) is -0.143. The van der Waals surface area contributed by atoms with Gasteiger partial charge in [0.25, 0.3) is 5.91 Å². The molecule has 5 nitrogen and oxygen atoms in total. The fourth-order valence-corrected chi connectivity index (χ4v) is 3.97. The third-order valence-electron chi connectivity index (χ3n) is 5.59. The van der Waals surface area contributed by atoms with E-state index in [-0.39, 0.29) is 17.7 Å². The normalized spacial score (nSPS) is 14.7. The Balaban J connectivity index is 0.000000439. The zero-order valence-electron chi connectivity index (χ0n) is 22.3. The van der Waals surface area contributed by atoms with Crippen molar-refractivity contribution < 1.29 is 18.7 Å². The van der Waals surface area contributed by atoms with Gasteiger partial charge in [-0.25, -0.2) is 4.39 Å². The quantitative estimate of drug-likeness (QED) is 0.244. The molecule has 0 spiro atoms. The molecule has 3 rings (SSSR count). The van der Waals surface area contributed by atoms with Crippen molar-refractivity contribution in [1.82, 2.24) is 10.2 Å². The van der Waals surface area contributed by atoms with E-state index >= 15 is 0 Å². The number of ether oxygens (including phenoxy) is 1. The number of methoxy groups -OCH3 is 1. The zero-order chi connectivity index (χ0) is 28.0. The molecule has 1 aliphatic heterocycles. The second-order valence-corrected chi connectivity index (χ2v) is 9.65. The fraction of sp³-hybridized carbons (Fsp3) is 0.448. The van der Waals surface area contributed by atoms with Gasteiger partial charge in [-0.15, -0.1) is 25.0 Å². The molecule has 0 aliphatic carbocycles. The highest BCUT2D eigenvalue weighted by atomic mass is 35.5. The van der Waals surface area contributed by atoms with Crippen LogP contribution >= 0.6 is 24.2 Å². The summed E-state index contributed by atoms with van der Waals surface area (Å²) in [4.78, 5) is 27.5. The van der Waals surface area contributed by atoms with Crippen LogP contribution in [0.3, 0.4) is 0 Å². The molecule has 1 N–H and O–H groups in total. The third kappa shape index (κ3) is 10.7. The van der Waals surface area contributed by atoms with Gasteiger partial charge >= 0.3 is 0 Å². The van der Waals surface area contributed by atoms with Gasteiger partial charge in [-0.2, -0.15) is 0 Å². The third-order valence-corrected chi connectivity index (χ3v) is 6.13. The Morgan fingerprint density at radius 1 is 1.24 bits per heavy atom. The number of benzene rings is 2. The Kier molecular flexibility index (Phi) is 14.2. The maximum atomic E-state index is 13.2. The molecule has 1 atom stereocenters. The van der Waals surface area contributed by atoms with E-state index in [0.29, 0.717) is 48.0 Å². The molecule has 1 aliphatic rings. The molecule has 2 amide bonds. The minimum atomic E-state index is -1.25. The van der Waals surface area contributed by atoms with Gasteiger partial charge in [0.05, 0.1) is 18.6 Å². The van der Waals surface area contributed by atoms with Gasteiger partial charge in [-0.3, -0.25) is 9.59 Å². The van der Waals surface area contributed by atoms with Crippen LogP contribution in [0.25, 0.3) is 0 Å². The fourth-order valence-electron chi connectivity index (χ4n) is 3.65. The maximum Gasteiger partial charge on any atom is 0.257 e. The summed E-state index contributed by atoms with van der Waals surface area (Å²) >= 11 is 10.1. The first-order valence-corrected chi connectivity index (χ1v) is 13.2. The lowest BCUT2D eigenvalue weighted by atomic mass is 9.96. The number of hydrogen-bond acceptors (Lipinski definition) is 4. The standard InChI is InChI=1S/C18H21ClN2O3.C9H11FS.C2H6/c1-3-4-9-20-17(22)13-6-5-10-21(12-13)18(23)15-11-14(19)7-8-16(15)24-2;1-9(2,10)7-3-5-8(11)6-4-7;1-2/h1,7-8,11,13H,4-6,9-10,12H2,2H3,(H,20,22);3-6,11H,1-2H3;1-2H3.